The van der Waals surface area contributed by atoms with Crippen LogP contribution in [0.5, 0.6) is 0 Å². The number of hydrogen-bond donors (Lipinski definition) is 1. The SMILES string of the molecule is CCN1CCN(C(=O)c2nc(C(=O)Nc3ccc(F)cc3)n3ccccc23)CC1. The second-order valence-corrected chi connectivity index (χ2v) is 6.93. The van der Waals surface area contributed by atoms with E-state index in [2.05, 4.69) is 22.1 Å². The lowest BCUT2D eigenvalue weighted by molar-refractivity contribution is 0.0640. The van der Waals surface area contributed by atoms with Crippen LogP contribution in [0, 0.1) is 5.82 Å². The van der Waals surface area contributed by atoms with Crippen molar-refractivity contribution in [2.75, 3.05) is 38.0 Å². The number of rotatable bonds is 4. The minimum atomic E-state index is -0.465. The van der Waals surface area contributed by atoms with E-state index in [4.69, 9.17) is 0 Å². The van der Waals surface area contributed by atoms with Gasteiger partial charge in [0.05, 0.1) is 5.52 Å². The number of benzene rings is 1. The number of hydrogen-bond acceptors (Lipinski definition) is 4. The Labute approximate surface area is 167 Å². The van der Waals surface area contributed by atoms with E-state index in [0.29, 0.717) is 24.3 Å². The summed E-state index contributed by atoms with van der Waals surface area (Å²) in [6.45, 7) is 5.98. The summed E-state index contributed by atoms with van der Waals surface area (Å²) in [6, 6.07) is 10.8. The zero-order chi connectivity index (χ0) is 20.4. The van der Waals surface area contributed by atoms with Crippen LogP contribution in [0.2, 0.25) is 0 Å². The van der Waals surface area contributed by atoms with E-state index < -0.39 is 5.91 Å². The fourth-order valence-electron chi connectivity index (χ4n) is 3.49. The van der Waals surface area contributed by atoms with Crippen LogP contribution in [0.4, 0.5) is 10.1 Å². The molecule has 0 spiro atoms. The highest BCUT2D eigenvalue weighted by molar-refractivity contribution is 6.06. The molecule has 0 unspecified atom stereocenters. The molecule has 1 fully saturated rings. The molecule has 1 aromatic carbocycles. The number of likely N-dealkylation sites (N-methyl/N-ethyl adjacent to an activating group) is 1. The molecule has 0 atom stereocenters. The molecule has 7 nitrogen and oxygen atoms in total. The third-order valence-electron chi connectivity index (χ3n) is 5.16. The number of aromatic nitrogens is 2. The van der Waals surface area contributed by atoms with Crippen LogP contribution in [0.25, 0.3) is 5.52 Å². The zero-order valence-corrected chi connectivity index (χ0v) is 16.1. The molecule has 8 heteroatoms. The minimum absolute atomic E-state index is 0.112. The molecule has 1 aliphatic heterocycles. The number of pyridine rings is 1. The Bertz CT molecular complexity index is 1040. The van der Waals surface area contributed by atoms with Gasteiger partial charge < -0.3 is 15.1 Å². The number of amides is 2. The van der Waals surface area contributed by atoms with Gasteiger partial charge >= 0.3 is 0 Å². The lowest BCUT2D eigenvalue weighted by Crippen LogP contribution is -2.48. The summed E-state index contributed by atoms with van der Waals surface area (Å²) in [4.78, 5) is 34.3. The lowest BCUT2D eigenvalue weighted by Gasteiger charge is -2.33. The fraction of sp³-hybridized carbons (Fsp3) is 0.286. The van der Waals surface area contributed by atoms with Crippen molar-refractivity contribution in [3.63, 3.8) is 0 Å². The van der Waals surface area contributed by atoms with Crippen molar-refractivity contribution in [2.45, 2.75) is 6.92 Å². The van der Waals surface area contributed by atoms with Crippen molar-refractivity contribution in [1.29, 1.82) is 0 Å². The van der Waals surface area contributed by atoms with Crippen molar-refractivity contribution in [2.24, 2.45) is 0 Å². The van der Waals surface area contributed by atoms with Gasteiger partial charge in [0.1, 0.15) is 5.82 Å². The molecule has 2 aromatic heterocycles. The number of halogens is 1. The van der Waals surface area contributed by atoms with E-state index in [-0.39, 0.29) is 23.2 Å². The zero-order valence-electron chi connectivity index (χ0n) is 16.1. The number of carbonyl (C=O) groups excluding carboxylic acids is 2. The van der Waals surface area contributed by atoms with E-state index in [9.17, 15) is 14.0 Å². The van der Waals surface area contributed by atoms with Gasteiger partial charge in [0, 0.05) is 38.1 Å². The smallest absolute Gasteiger partial charge is 0.292 e. The summed E-state index contributed by atoms with van der Waals surface area (Å²) in [5.41, 5.74) is 1.30. The van der Waals surface area contributed by atoms with Gasteiger partial charge in [0.2, 0.25) is 5.82 Å². The fourth-order valence-corrected chi connectivity index (χ4v) is 3.49. The number of anilines is 1. The van der Waals surface area contributed by atoms with Crippen LogP contribution >= 0.6 is 0 Å². The molecule has 0 radical (unpaired) electrons. The highest BCUT2D eigenvalue weighted by Crippen LogP contribution is 2.18. The van der Waals surface area contributed by atoms with Gasteiger partial charge in [-0.3, -0.25) is 14.0 Å². The first-order valence-electron chi connectivity index (χ1n) is 9.62. The Morgan fingerprint density at radius 3 is 2.48 bits per heavy atom. The summed E-state index contributed by atoms with van der Waals surface area (Å²) >= 11 is 0. The Hall–Kier alpha value is -3.26. The predicted octanol–water partition coefficient (Wildman–Crippen LogP) is 2.50. The Morgan fingerprint density at radius 1 is 1.07 bits per heavy atom. The third-order valence-corrected chi connectivity index (χ3v) is 5.16. The molecule has 1 saturated heterocycles. The highest BCUT2D eigenvalue weighted by Gasteiger charge is 2.27. The van der Waals surface area contributed by atoms with E-state index >= 15 is 0 Å². The Morgan fingerprint density at radius 2 is 1.79 bits per heavy atom. The standard InChI is InChI=1S/C21H22FN5O2/c1-2-25-11-13-26(14-12-25)21(29)18-17-5-3-4-10-27(17)19(24-18)20(28)23-16-8-6-15(22)7-9-16/h3-10H,2,11-14H2,1H3,(H,23,28). The Balaban J connectivity index is 1.62. The van der Waals surface area contributed by atoms with Gasteiger partial charge in [-0.05, 0) is 42.9 Å². The number of piperazine rings is 1. The molecule has 3 aromatic rings. The number of nitrogens with zero attached hydrogens (tertiary/aromatic N) is 4. The molecule has 0 saturated carbocycles. The van der Waals surface area contributed by atoms with Gasteiger partial charge in [-0.2, -0.15) is 0 Å². The topological polar surface area (TPSA) is 69.9 Å². The van der Waals surface area contributed by atoms with Gasteiger partial charge in [-0.1, -0.05) is 13.0 Å². The molecular weight excluding hydrogens is 373 g/mol. The first-order chi connectivity index (χ1) is 14.1. The summed E-state index contributed by atoms with van der Waals surface area (Å²) in [7, 11) is 0. The van der Waals surface area contributed by atoms with Crippen LogP contribution in [0.3, 0.4) is 0 Å². The van der Waals surface area contributed by atoms with E-state index in [1.54, 1.807) is 27.6 Å². The van der Waals surface area contributed by atoms with E-state index in [1.807, 2.05) is 6.07 Å². The van der Waals surface area contributed by atoms with Gasteiger partial charge in [0.15, 0.2) is 5.69 Å². The highest BCUT2D eigenvalue weighted by atomic mass is 19.1. The van der Waals surface area contributed by atoms with Crippen molar-refractivity contribution in [3.8, 4) is 0 Å². The maximum atomic E-state index is 13.1. The van der Waals surface area contributed by atoms with Crippen molar-refractivity contribution >= 4 is 23.0 Å². The molecular formula is C21H22FN5O2. The molecule has 150 valence electrons. The van der Waals surface area contributed by atoms with Gasteiger partial charge in [0.25, 0.3) is 11.8 Å². The average Bonchev–Trinajstić information content (AvgIpc) is 3.15. The molecule has 0 aliphatic carbocycles. The first-order valence-corrected chi connectivity index (χ1v) is 9.62. The average molecular weight is 395 g/mol. The second kappa shape index (κ2) is 8.00. The molecule has 3 heterocycles. The van der Waals surface area contributed by atoms with Gasteiger partial charge in [-0.15, -0.1) is 0 Å². The number of imidazole rings is 1. The summed E-state index contributed by atoms with van der Waals surface area (Å²) in [5.74, 6) is -0.913. The monoisotopic (exact) mass is 395 g/mol. The Kier molecular flexibility index (Phi) is 5.26. The summed E-state index contributed by atoms with van der Waals surface area (Å²) in [5, 5.41) is 2.70. The van der Waals surface area contributed by atoms with E-state index in [0.717, 1.165) is 19.6 Å². The predicted molar refractivity (Wildman–Crippen MR) is 108 cm³/mol. The lowest BCUT2D eigenvalue weighted by atomic mass is 10.2. The molecule has 4 rings (SSSR count). The van der Waals surface area contributed by atoms with Crippen LogP contribution in [0.15, 0.2) is 48.7 Å². The molecule has 29 heavy (non-hydrogen) atoms. The number of nitrogens with one attached hydrogen (secondary N) is 1. The molecule has 2 amide bonds. The summed E-state index contributed by atoms with van der Waals surface area (Å²) in [6.07, 6.45) is 1.70. The minimum Gasteiger partial charge on any atom is -0.335 e. The third kappa shape index (κ3) is 3.84. The van der Waals surface area contributed by atoms with E-state index in [1.165, 1.54) is 24.3 Å². The molecule has 1 N–H and O–H groups in total. The number of carbonyl (C=O) groups is 2. The summed E-state index contributed by atoms with van der Waals surface area (Å²) < 4.78 is 14.7. The maximum absolute atomic E-state index is 13.1. The second-order valence-electron chi connectivity index (χ2n) is 6.93. The maximum Gasteiger partial charge on any atom is 0.292 e. The van der Waals surface area contributed by atoms with Crippen LogP contribution in [-0.4, -0.2) is 63.7 Å². The van der Waals surface area contributed by atoms with Crippen LogP contribution in [0.1, 0.15) is 28.0 Å². The van der Waals surface area contributed by atoms with Crippen molar-refractivity contribution < 1.29 is 14.0 Å². The number of fused-ring (bicyclic) bond motifs is 1. The van der Waals surface area contributed by atoms with Gasteiger partial charge in [-0.25, -0.2) is 9.37 Å². The van der Waals surface area contributed by atoms with Crippen molar-refractivity contribution in [1.82, 2.24) is 19.2 Å². The largest absolute Gasteiger partial charge is 0.335 e. The molecule has 1 aliphatic rings. The van der Waals surface area contributed by atoms with Crippen LogP contribution in [-0.2, 0) is 0 Å². The quantitative estimate of drug-likeness (QED) is 0.737. The van der Waals surface area contributed by atoms with Crippen molar-refractivity contribution in [3.05, 3.63) is 66.0 Å². The normalized spacial score (nSPS) is 14.9. The first kappa shape index (κ1) is 19.1. The molecule has 0 bridgehead atoms. The van der Waals surface area contributed by atoms with Crippen LogP contribution < -0.4 is 5.32 Å².